The van der Waals surface area contributed by atoms with Crippen LogP contribution in [0.25, 0.3) is 0 Å². The number of hydrogen-bond acceptors (Lipinski definition) is 5. The van der Waals surface area contributed by atoms with Crippen molar-refractivity contribution in [2.75, 3.05) is 45.3 Å². The molecule has 0 bridgehead atoms. The van der Waals surface area contributed by atoms with Gasteiger partial charge in [-0.3, -0.25) is 4.99 Å². The second-order valence-electron chi connectivity index (χ2n) is 6.71. The Balaban J connectivity index is 0.00000300. The summed E-state index contributed by atoms with van der Waals surface area (Å²) >= 11 is 0. The van der Waals surface area contributed by atoms with E-state index in [1.807, 2.05) is 23.2 Å². The predicted molar refractivity (Wildman–Crippen MR) is 127 cm³/mol. The van der Waals surface area contributed by atoms with Gasteiger partial charge in [-0.15, -0.1) is 24.0 Å². The molecule has 1 aromatic carbocycles. The lowest BCUT2D eigenvalue weighted by atomic mass is 10.2. The molecule has 3 rings (SSSR count). The van der Waals surface area contributed by atoms with E-state index in [0.717, 1.165) is 55.7 Å². The molecule has 0 saturated carbocycles. The fourth-order valence-corrected chi connectivity index (χ4v) is 3.30. The third-order valence-electron chi connectivity index (χ3n) is 4.76. The van der Waals surface area contributed by atoms with Crippen LogP contribution in [0, 0.1) is 0 Å². The monoisotopic (exact) mass is 514 g/mol. The summed E-state index contributed by atoms with van der Waals surface area (Å²) in [6, 6.07) is 6.33. The van der Waals surface area contributed by atoms with E-state index in [2.05, 4.69) is 39.6 Å². The van der Waals surface area contributed by atoms with Gasteiger partial charge in [-0.05, 0) is 13.3 Å². The van der Waals surface area contributed by atoms with Crippen molar-refractivity contribution in [2.24, 2.45) is 4.99 Å². The van der Waals surface area contributed by atoms with Gasteiger partial charge in [-0.2, -0.15) is 0 Å². The maximum absolute atomic E-state index is 5.40. The van der Waals surface area contributed by atoms with Crippen molar-refractivity contribution in [3.05, 3.63) is 36.9 Å². The van der Waals surface area contributed by atoms with Crippen LogP contribution in [0.5, 0.6) is 11.5 Å². The number of nitrogens with one attached hydrogen (secondary N) is 2. The van der Waals surface area contributed by atoms with Crippen molar-refractivity contribution >= 4 is 35.6 Å². The van der Waals surface area contributed by atoms with E-state index in [4.69, 9.17) is 14.5 Å². The van der Waals surface area contributed by atoms with Gasteiger partial charge in [0.1, 0.15) is 11.5 Å². The number of ether oxygens (including phenoxy) is 2. The molecular weight excluding hydrogens is 483 g/mol. The van der Waals surface area contributed by atoms with E-state index in [9.17, 15) is 0 Å². The van der Waals surface area contributed by atoms with Gasteiger partial charge >= 0.3 is 0 Å². The molecule has 0 aliphatic carbocycles. The number of aromatic nitrogens is 2. The van der Waals surface area contributed by atoms with Crippen molar-refractivity contribution < 1.29 is 9.47 Å². The van der Waals surface area contributed by atoms with Crippen LogP contribution in [-0.2, 0) is 6.54 Å². The van der Waals surface area contributed by atoms with Crippen molar-refractivity contribution in [1.29, 1.82) is 0 Å². The van der Waals surface area contributed by atoms with Crippen molar-refractivity contribution in [2.45, 2.75) is 25.9 Å². The number of guanidine groups is 1. The summed E-state index contributed by atoms with van der Waals surface area (Å²) in [6.45, 7) is 6.31. The number of halogens is 1. The lowest BCUT2D eigenvalue weighted by molar-refractivity contribution is 0.394. The first-order valence-electron chi connectivity index (χ1n) is 9.70. The normalized spacial score (nSPS) is 16.3. The molecule has 160 valence electrons. The van der Waals surface area contributed by atoms with Gasteiger partial charge in [0.05, 0.1) is 27.1 Å². The quantitative estimate of drug-likeness (QED) is 0.320. The van der Waals surface area contributed by atoms with Gasteiger partial charge < -0.3 is 29.6 Å². The zero-order valence-corrected chi connectivity index (χ0v) is 19.6. The van der Waals surface area contributed by atoms with Crippen LogP contribution in [0.1, 0.15) is 13.3 Å². The van der Waals surface area contributed by atoms with E-state index in [1.165, 1.54) is 0 Å². The molecule has 1 aromatic heterocycles. The maximum atomic E-state index is 5.40. The van der Waals surface area contributed by atoms with Crippen molar-refractivity contribution in [3.8, 4) is 11.5 Å². The summed E-state index contributed by atoms with van der Waals surface area (Å²) < 4.78 is 12.8. The molecule has 1 unspecified atom stereocenters. The number of benzene rings is 1. The molecule has 0 amide bonds. The van der Waals surface area contributed by atoms with Gasteiger partial charge in [0.2, 0.25) is 0 Å². The van der Waals surface area contributed by atoms with E-state index >= 15 is 0 Å². The highest BCUT2D eigenvalue weighted by Crippen LogP contribution is 2.30. The molecule has 8 nitrogen and oxygen atoms in total. The lowest BCUT2D eigenvalue weighted by Gasteiger charge is -2.21. The first kappa shape index (κ1) is 23.1. The zero-order chi connectivity index (χ0) is 19.8. The van der Waals surface area contributed by atoms with Crippen LogP contribution in [0.4, 0.5) is 5.69 Å². The Kier molecular flexibility index (Phi) is 9.36. The number of imidazole rings is 1. The summed E-state index contributed by atoms with van der Waals surface area (Å²) in [5.41, 5.74) is 1.11. The number of rotatable bonds is 8. The number of aliphatic imine (C=N–C) groups is 1. The highest BCUT2D eigenvalue weighted by molar-refractivity contribution is 14.0. The summed E-state index contributed by atoms with van der Waals surface area (Å²) in [4.78, 5) is 11.1. The molecule has 2 heterocycles. The van der Waals surface area contributed by atoms with Crippen LogP contribution in [0.3, 0.4) is 0 Å². The molecule has 1 fully saturated rings. The molecule has 1 aliphatic rings. The zero-order valence-electron chi connectivity index (χ0n) is 17.3. The Morgan fingerprint density at radius 1 is 1.24 bits per heavy atom. The number of methoxy groups -OCH3 is 2. The summed E-state index contributed by atoms with van der Waals surface area (Å²) in [5.74, 6) is 2.47. The fourth-order valence-electron chi connectivity index (χ4n) is 3.30. The Bertz CT molecular complexity index is 746. The van der Waals surface area contributed by atoms with E-state index < -0.39 is 0 Å². The molecule has 1 atom stereocenters. The second kappa shape index (κ2) is 11.7. The Morgan fingerprint density at radius 2 is 2.00 bits per heavy atom. The largest absolute Gasteiger partial charge is 0.497 e. The van der Waals surface area contributed by atoms with Crippen molar-refractivity contribution in [3.63, 3.8) is 0 Å². The van der Waals surface area contributed by atoms with E-state index in [0.29, 0.717) is 12.6 Å². The van der Waals surface area contributed by atoms with E-state index in [-0.39, 0.29) is 24.0 Å². The van der Waals surface area contributed by atoms with Gasteiger partial charge in [-0.1, -0.05) is 0 Å². The predicted octanol–water partition coefficient (Wildman–Crippen LogP) is 2.35. The third kappa shape index (κ3) is 6.69. The standard InChI is InChI=1S/C20H30N6O2.HI/c1-4-22-20(23-7-10-25-9-6-21-15-25)24-16-5-8-26(14-16)17-11-18(27-2)13-19(12-17)28-3;/h6,9,11-13,15-16H,4-5,7-8,10,14H2,1-3H3,(H2,22,23,24);1H. The molecule has 0 spiro atoms. The Labute approximate surface area is 189 Å². The highest BCUT2D eigenvalue weighted by Gasteiger charge is 2.24. The van der Waals surface area contributed by atoms with E-state index in [1.54, 1.807) is 20.4 Å². The molecule has 29 heavy (non-hydrogen) atoms. The topological polar surface area (TPSA) is 75.9 Å². The second-order valence-corrected chi connectivity index (χ2v) is 6.71. The van der Waals surface area contributed by atoms with Gasteiger partial charge in [0, 0.05) is 68.5 Å². The minimum atomic E-state index is 0. The van der Waals surface area contributed by atoms with Gasteiger partial charge in [0.15, 0.2) is 5.96 Å². The maximum Gasteiger partial charge on any atom is 0.191 e. The molecule has 1 saturated heterocycles. The molecule has 1 aliphatic heterocycles. The molecule has 0 radical (unpaired) electrons. The molecule has 2 aromatic rings. The summed E-state index contributed by atoms with van der Waals surface area (Å²) in [6.07, 6.45) is 6.60. The van der Waals surface area contributed by atoms with Crippen LogP contribution in [0.15, 0.2) is 41.9 Å². The number of hydrogen-bond donors (Lipinski definition) is 2. The van der Waals surface area contributed by atoms with Crippen LogP contribution in [0.2, 0.25) is 0 Å². The van der Waals surface area contributed by atoms with Gasteiger partial charge in [-0.25, -0.2) is 4.98 Å². The van der Waals surface area contributed by atoms with Crippen LogP contribution >= 0.6 is 24.0 Å². The molecular formula is C20H31IN6O2. The van der Waals surface area contributed by atoms with Crippen molar-refractivity contribution in [1.82, 2.24) is 20.2 Å². The van der Waals surface area contributed by atoms with Gasteiger partial charge in [0.25, 0.3) is 0 Å². The fraction of sp³-hybridized carbons (Fsp3) is 0.500. The molecule has 2 N–H and O–H groups in total. The average molecular weight is 514 g/mol. The first-order valence-corrected chi connectivity index (χ1v) is 9.70. The summed E-state index contributed by atoms with van der Waals surface area (Å²) in [5, 5.41) is 6.90. The number of nitrogens with zero attached hydrogens (tertiary/aromatic N) is 4. The Morgan fingerprint density at radius 3 is 2.62 bits per heavy atom. The van der Waals surface area contributed by atoms with Crippen LogP contribution < -0.4 is 25.0 Å². The highest BCUT2D eigenvalue weighted by atomic mass is 127. The smallest absolute Gasteiger partial charge is 0.191 e. The minimum absolute atomic E-state index is 0. The first-order chi connectivity index (χ1) is 13.7. The van der Waals surface area contributed by atoms with Crippen LogP contribution in [-0.4, -0.2) is 62.0 Å². The molecule has 9 heteroatoms. The number of anilines is 1. The third-order valence-corrected chi connectivity index (χ3v) is 4.76. The lowest BCUT2D eigenvalue weighted by Crippen LogP contribution is -2.44. The minimum Gasteiger partial charge on any atom is -0.497 e. The SMILES string of the molecule is CCNC(=NCCn1ccnc1)NC1CCN(c2cc(OC)cc(OC)c2)C1.I. The average Bonchev–Trinajstić information content (AvgIpc) is 3.40. The summed E-state index contributed by atoms with van der Waals surface area (Å²) in [7, 11) is 3.35. The Hall–Kier alpha value is -2.17.